The summed E-state index contributed by atoms with van der Waals surface area (Å²) in [5, 5.41) is 13.0. The van der Waals surface area contributed by atoms with Crippen molar-refractivity contribution < 1.29 is 9.84 Å². The Balaban J connectivity index is 1.79. The maximum absolute atomic E-state index is 9.91. The summed E-state index contributed by atoms with van der Waals surface area (Å²) in [6, 6.07) is -0.0968. The largest absolute Gasteiger partial charge is 0.386 e. The molecular weight excluding hydrogens is 168 g/mol. The number of nitrogens with two attached hydrogens (primary N) is 1. The van der Waals surface area contributed by atoms with Crippen molar-refractivity contribution in [2.75, 3.05) is 26.3 Å². The third-order valence-electron chi connectivity index (χ3n) is 3.16. The molecule has 76 valence electrons. The first-order valence-electron chi connectivity index (χ1n) is 4.97. The van der Waals surface area contributed by atoms with Gasteiger partial charge in [0.1, 0.15) is 5.60 Å². The van der Waals surface area contributed by atoms with Gasteiger partial charge in [0, 0.05) is 32.3 Å². The predicted molar refractivity (Wildman–Crippen MR) is 49.3 cm³/mol. The van der Waals surface area contributed by atoms with Crippen molar-refractivity contribution in [3.63, 3.8) is 0 Å². The summed E-state index contributed by atoms with van der Waals surface area (Å²) < 4.78 is 5.27. The molecule has 4 heteroatoms. The zero-order chi connectivity index (χ0) is 9.31. The molecule has 0 aromatic carbocycles. The highest BCUT2D eigenvalue weighted by Gasteiger charge is 2.41. The van der Waals surface area contributed by atoms with Gasteiger partial charge in [0.15, 0.2) is 0 Å². The molecule has 0 radical (unpaired) electrons. The summed E-state index contributed by atoms with van der Waals surface area (Å²) >= 11 is 0. The molecule has 13 heavy (non-hydrogen) atoms. The number of hydrogen-bond acceptors (Lipinski definition) is 4. The summed E-state index contributed by atoms with van der Waals surface area (Å²) in [5.41, 5.74) is 5.30. The molecule has 0 saturated carbocycles. The number of rotatable bonds is 3. The fourth-order valence-electron chi connectivity index (χ4n) is 1.99. The van der Waals surface area contributed by atoms with E-state index in [1.807, 2.05) is 0 Å². The van der Waals surface area contributed by atoms with E-state index in [9.17, 15) is 5.11 Å². The Bertz CT molecular complexity index is 176. The van der Waals surface area contributed by atoms with Crippen LogP contribution >= 0.6 is 0 Å². The van der Waals surface area contributed by atoms with Crippen LogP contribution in [-0.2, 0) is 4.74 Å². The van der Waals surface area contributed by atoms with Gasteiger partial charge < -0.3 is 20.9 Å². The van der Waals surface area contributed by atoms with Gasteiger partial charge >= 0.3 is 0 Å². The van der Waals surface area contributed by atoms with Crippen LogP contribution in [0.25, 0.3) is 0 Å². The minimum absolute atomic E-state index is 0.0968. The standard InChI is InChI=1S/C9H18N2O2/c10-8(9(12)5-11-6-9)3-7-1-2-13-4-7/h7-8,11-12H,1-6,10H2. The number of ether oxygens (including phenoxy) is 1. The first kappa shape index (κ1) is 9.40. The monoisotopic (exact) mass is 186 g/mol. The average molecular weight is 186 g/mol. The third-order valence-corrected chi connectivity index (χ3v) is 3.16. The molecule has 2 aliphatic rings. The van der Waals surface area contributed by atoms with Crippen molar-refractivity contribution in [1.29, 1.82) is 0 Å². The van der Waals surface area contributed by atoms with Gasteiger partial charge in [-0.1, -0.05) is 0 Å². The fraction of sp³-hybridized carbons (Fsp3) is 1.00. The van der Waals surface area contributed by atoms with Crippen LogP contribution in [0.4, 0.5) is 0 Å². The molecular formula is C9H18N2O2. The van der Waals surface area contributed by atoms with Gasteiger partial charge in [-0.3, -0.25) is 0 Å². The SMILES string of the molecule is NC(CC1CCOC1)C1(O)CNC1. The van der Waals surface area contributed by atoms with E-state index in [0.29, 0.717) is 19.0 Å². The Hall–Kier alpha value is -0.160. The molecule has 2 saturated heterocycles. The number of β-amino-alcohol motifs (C(OH)–C–C–N with tert-alkyl or cyclic N) is 1. The molecule has 4 nitrogen and oxygen atoms in total. The van der Waals surface area contributed by atoms with Crippen LogP contribution in [0.3, 0.4) is 0 Å². The lowest BCUT2D eigenvalue weighted by Crippen LogP contribution is -2.68. The van der Waals surface area contributed by atoms with Crippen LogP contribution in [-0.4, -0.2) is 43.1 Å². The van der Waals surface area contributed by atoms with E-state index >= 15 is 0 Å². The van der Waals surface area contributed by atoms with Crippen molar-refractivity contribution in [3.8, 4) is 0 Å². The van der Waals surface area contributed by atoms with E-state index in [2.05, 4.69) is 5.32 Å². The number of aliphatic hydroxyl groups is 1. The van der Waals surface area contributed by atoms with Crippen LogP contribution in [0.1, 0.15) is 12.8 Å². The van der Waals surface area contributed by atoms with E-state index in [0.717, 1.165) is 26.1 Å². The molecule has 0 spiro atoms. The van der Waals surface area contributed by atoms with Gasteiger partial charge in [0.25, 0.3) is 0 Å². The summed E-state index contributed by atoms with van der Waals surface area (Å²) in [5.74, 6) is 0.555. The lowest BCUT2D eigenvalue weighted by atomic mass is 9.83. The highest BCUT2D eigenvalue weighted by Crippen LogP contribution is 2.24. The number of hydrogen-bond donors (Lipinski definition) is 3. The van der Waals surface area contributed by atoms with Gasteiger partial charge in [-0.25, -0.2) is 0 Å². The van der Waals surface area contributed by atoms with Crippen LogP contribution in [0, 0.1) is 5.92 Å². The van der Waals surface area contributed by atoms with Crippen molar-refractivity contribution in [2.45, 2.75) is 24.5 Å². The second kappa shape index (κ2) is 3.53. The Kier molecular flexibility index (Phi) is 2.55. The minimum Gasteiger partial charge on any atom is -0.386 e. The van der Waals surface area contributed by atoms with Gasteiger partial charge in [0.2, 0.25) is 0 Å². The maximum Gasteiger partial charge on any atom is 0.104 e. The van der Waals surface area contributed by atoms with E-state index < -0.39 is 5.60 Å². The molecule has 2 unspecified atom stereocenters. The molecule has 4 N–H and O–H groups in total. The van der Waals surface area contributed by atoms with E-state index in [1.54, 1.807) is 0 Å². The first-order chi connectivity index (χ1) is 6.21. The van der Waals surface area contributed by atoms with E-state index in [1.165, 1.54) is 0 Å². The Morgan fingerprint density at radius 3 is 2.85 bits per heavy atom. The third kappa shape index (κ3) is 1.86. The van der Waals surface area contributed by atoms with Gasteiger partial charge in [-0.2, -0.15) is 0 Å². The molecule has 2 heterocycles. The molecule has 0 bridgehead atoms. The second-order valence-corrected chi connectivity index (χ2v) is 4.28. The van der Waals surface area contributed by atoms with Gasteiger partial charge in [0.05, 0.1) is 0 Å². The van der Waals surface area contributed by atoms with Crippen LogP contribution in [0.15, 0.2) is 0 Å². The molecule has 2 atom stereocenters. The summed E-state index contributed by atoms with van der Waals surface area (Å²) in [7, 11) is 0. The van der Waals surface area contributed by atoms with Crippen LogP contribution in [0.2, 0.25) is 0 Å². The highest BCUT2D eigenvalue weighted by molar-refractivity contribution is 5.01. The Labute approximate surface area is 78.4 Å². The fourth-order valence-corrected chi connectivity index (χ4v) is 1.99. The lowest BCUT2D eigenvalue weighted by Gasteiger charge is -2.42. The smallest absolute Gasteiger partial charge is 0.104 e. The maximum atomic E-state index is 9.91. The van der Waals surface area contributed by atoms with Crippen LogP contribution in [0.5, 0.6) is 0 Å². The predicted octanol–water partition coefficient (Wildman–Crippen LogP) is -0.925. The summed E-state index contributed by atoms with van der Waals surface area (Å²) in [4.78, 5) is 0. The second-order valence-electron chi connectivity index (χ2n) is 4.28. The Morgan fingerprint density at radius 1 is 1.62 bits per heavy atom. The number of nitrogens with one attached hydrogen (secondary N) is 1. The normalized spacial score (nSPS) is 34.2. The van der Waals surface area contributed by atoms with Crippen molar-refractivity contribution in [1.82, 2.24) is 5.32 Å². The molecule has 0 aromatic rings. The van der Waals surface area contributed by atoms with Gasteiger partial charge in [-0.05, 0) is 18.8 Å². The minimum atomic E-state index is -0.650. The topological polar surface area (TPSA) is 67.5 Å². The van der Waals surface area contributed by atoms with Crippen molar-refractivity contribution in [2.24, 2.45) is 11.7 Å². The summed E-state index contributed by atoms with van der Waals surface area (Å²) in [6.07, 6.45) is 1.98. The molecule has 2 fully saturated rings. The molecule has 2 aliphatic heterocycles. The van der Waals surface area contributed by atoms with Gasteiger partial charge in [-0.15, -0.1) is 0 Å². The molecule has 0 aromatic heterocycles. The average Bonchev–Trinajstić information content (AvgIpc) is 2.52. The Morgan fingerprint density at radius 2 is 2.38 bits per heavy atom. The van der Waals surface area contributed by atoms with Crippen molar-refractivity contribution in [3.05, 3.63) is 0 Å². The van der Waals surface area contributed by atoms with E-state index in [-0.39, 0.29) is 6.04 Å². The van der Waals surface area contributed by atoms with Crippen molar-refractivity contribution >= 4 is 0 Å². The lowest BCUT2D eigenvalue weighted by molar-refractivity contribution is -0.0382. The summed E-state index contributed by atoms with van der Waals surface area (Å²) in [6.45, 7) is 2.95. The zero-order valence-electron chi connectivity index (χ0n) is 7.83. The zero-order valence-corrected chi connectivity index (χ0v) is 7.83. The first-order valence-corrected chi connectivity index (χ1v) is 4.97. The quantitative estimate of drug-likeness (QED) is 0.533. The highest BCUT2D eigenvalue weighted by atomic mass is 16.5. The van der Waals surface area contributed by atoms with Crippen LogP contribution < -0.4 is 11.1 Å². The van der Waals surface area contributed by atoms with E-state index in [4.69, 9.17) is 10.5 Å². The molecule has 0 amide bonds. The molecule has 2 rings (SSSR count). The molecule has 0 aliphatic carbocycles.